The van der Waals surface area contributed by atoms with Gasteiger partial charge in [-0.3, -0.25) is 4.79 Å². The molecule has 0 atom stereocenters. The van der Waals surface area contributed by atoms with Gasteiger partial charge in [0.2, 0.25) is 0 Å². The molecule has 1 aromatic carbocycles. The van der Waals surface area contributed by atoms with Crippen LogP contribution in [0.25, 0.3) is 0 Å². The largest absolute Gasteiger partial charge is 0.293 e. The highest BCUT2D eigenvalue weighted by atomic mass is 79.9. The SMILES string of the molecule is Br.O=C(CSc1ccccn1)c1ccccc1. The molecule has 0 spiro atoms. The van der Waals surface area contributed by atoms with Gasteiger partial charge in [0.15, 0.2) is 5.78 Å². The van der Waals surface area contributed by atoms with E-state index < -0.39 is 0 Å². The molecule has 1 aromatic heterocycles. The fourth-order valence-electron chi connectivity index (χ4n) is 1.28. The van der Waals surface area contributed by atoms with E-state index in [1.54, 1.807) is 6.20 Å². The van der Waals surface area contributed by atoms with Crippen molar-refractivity contribution in [2.75, 3.05) is 5.75 Å². The van der Waals surface area contributed by atoms with E-state index >= 15 is 0 Å². The van der Waals surface area contributed by atoms with Crippen LogP contribution in [0.4, 0.5) is 0 Å². The van der Waals surface area contributed by atoms with E-state index in [1.165, 1.54) is 11.8 Å². The Kier molecular flexibility index (Phi) is 5.94. The molecule has 2 rings (SSSR count). The number of aromatic nitrogens is 1. The predicted molar refractivity (Wildman–Crippen MR) is 76.1 cm³/mol. The molecule has 0 aliphatic rings. The molecular formula is C13H12BrNOS. The van der Waals surface area contributed by atoms with Gasteiger partial charge in [-0.1, -0.05) is 48.2 Å². The number of thioether (sulfide) groups is 1. The number of ketones is 1. The minimum Gasteiger partial charge on any atom is -0.293 e. The highest BCUT2D eigenvalue weighted by Gasteiger charge is 2.05. The fourth-order valence-corrected chi connectivity index (χ4v) is 2.04. The van der Waals surface area contributed by atoms with Crippen molar-refractivity contribution in [3.63, 3.8) is 0 Å². The van der Waals surface area contributed by atoms with Crippen LogP contribution in [0.3, 0.4) is 0 Å². The number of hydrogen-bond acceptors (Lipinski definition) is 3. The number of Topliss-reactive ketones (excluding diaryl/α,β-unsaturated/α-hetero) is 1. The Morgan fingerprint density at radius 2 is 1.76 bits per heavy atom. The van der Waals surface area contributed by atoms with Gasteiger partial charge in [0.1, 0.15) is 0 Å². The molecule has 1 heterocycles. The molecule has 0 saturated carbocycles. The molecule has 0 amide bonds. The second kappa shape index (κ2) is 7.25. The number of carbonyl (C=O) groups is 1. The number of pyridine rings is 1. The molecule has 2 nitrogen and oxygen atoms in total. The number of nitrogens with zero attached hydrogens (tertiary/aromatic N) is 1. The summed E-state index contributed by atoms with van der Waals surface area (Å²) < 4.78 is 0. The van der Waals surface area contributed by atoms with Crippen molar-refractivity contribution in [3.05, 3.63) is 60.3 Å². The smallest absolute Gasteiger partial charge is 0.173 e. The Balaban J connectivity index is 0.00000144. The van der Waals surface area contributed by atoms with Gasteiger partial charge < -0.3 is 0 Å². The van der Waals surface area contributed by atoms with Crippen LogP contribution < -0.4 is 0 Å². The van der Waals surface area contributed by atoms with E-state index in [-0.39, 0.29) is 22.8 Å². The topological polar surface area (TPSA) is 30.0 Å². The number of rotatable bonds is 4. The number of benzene rings is 1. The molecule has 2 aromatic rings. The van der Waals surface area contributed by atoms with Gasteiger partial charge in [0.25, 0.3) is 0 Å². The monoisotopic (exact) mass is 309 g/mol. The fraction of sp³-hybridized carbons (Fsp3) is 0.0769. The van der Waals surface area contributed by atoms with Crippen LogP contribution in [0.1, 0.15) is 10.4 Å². The standard InChI is InChI=1S/C13H11NOS.BrH/c15-12(11-6-2-1-3-7-11)10-16-13-8-4-5-9-14-13;/h1-9H,10H2;1H. The molecular weight excluding hydrogens is 298 g/mol. The zero-order valence-electron chi connectivity index (χ0n) is 9.08. The van der Waals surface area contributed by atoms with Crippen molar-refractivity contribution in [1.29, 1.82) is 0 Å². The highest BCUT2D eigenvalue weighted by molar-refractivity contribution is 8.93. The summed E-state index contributed by atoms with van der Waals surface area (Å²) in [6.07, 6.45) is 1.73. The molecule has 0 unspecified atom stereocenters. The van der Waals surface area contributed by atoms with Gasteiger partial charge in [-0.05, 0) is 12.1 Å². The molecule has 0 aliphatic heterocycles. The van der Waals surface area contributed by atoms with Crippen molar-refractivity contribution in [1.82, 2.24) is 4.98 Å². The van der Waals surface area contributed by atoms with Crippen LogP contribution in [0, 0.1) is 0 Å². The van der Waals surface area contributed by atoms with Crippen LogP contribution in [0.15, 0.2) is 59.8 Å². The first kappa shape index (κ1) is 13.9. The molecule has 4 heteroatoms. The molecule has 0 radical (unpaired) electrons. The predicted octanol–water partition coefficient (Wildman–Crippen LogP) is 3.63. The Labute approximate surface area is 115 Å². The van der Waals surface area contributed by atoms with Crippen molar-refractivity contribution in [2.45, 2.75) is 5.03 Å². The zero-order valence-corrected chi connectivity index (χ0v) is 11.6. The highest BCUT2D eigenvalue weighted by Crippen LogP contribution is 2.15. The lowest BCUT2D eigenvalue weighted by Crippen LogP contribution is -2.01. The van der Waals surface area contributed by atoms with E-state index in [0.29, 0.717) is 5.75 Å². The maximum atomic E-state index is 11.8. The van der Waals surface area contributed by atoms with Gasteiger partial charge in [-0.15, -0.1) is 17.0 Å². The van der Waals surface area contributed by atoms with Gasteiger partial charge in [0, 0.05) is 11.8 Å². The molecule has 0 fully saturated rings. The maximum Gasteiger partial charge on any atom is 0.173 e. The van der Waals surface area contributed by atoms with Crippen LogP contribution in [-0.4, -0.2) is 16.5 Å². The average molecular weight is 310 g/mol. The van der Waals surface area contributed by atoms with Crippen LogP contribution in [-0.2, 0) is 0 Å². The second-order valence-corrected chi connectivity index (χ2v) is 4.24. The zero-order chi connectivity index (χ0) is 11.2. The molecule has 88 valence electrons. The molecule has 0 aliphatic carbocycles. The lowest BCUT2D eigenvalue weighted by molar-refractivity contribution is 0.102. The average Bonchev–Trinajstić information content (AvgIpc) is 2.38. The summed E-state index contributed by atoms with van der Waals surface area (Å²) in [6.45, 7) is 0. The second-order valence-electron chi connectivity index (χ2n) is 3.25. The summed E-state index contributed by atoms with van der Waals surface area (Å²) in [7, 11) is 0. The van der Waals surface area contributed by atoms with Gasteiger partial charge in [-0.2, -0.15) is 0 Å². The molecule has 0 saturated heterocycles. The van der Waals surface area contributed by atoms with Gasteiger partial charge in [0.05, 0.1) is 10.8 Å². The minimum absolute atomic E-state index is 0. The number of halogens is 1. The summed E-state index contributed by atoms with van der Waals surface area (Å²) in [5.74, 6) is 0.567. The van der Waals surface area contributed by atoms with E-state index in [1.807, 2.05) is 48.5 Å². The van der Waals surface area contributed by atoms with E-state index in [4.69, 9.17) is 0 Å². The summed E-state index contributed by atoms with van der Waals surface area (Å²) in [4.78, 5) is 15.9. The lowest BCUT2D eigenvalue weighted by Gasteiger charge is -2.00. The Morgan fingerprint density at radius 3 is 2.41 bits per heavy atom. The Morgan fingerprint density at radius 1 is 1.06 bits per heavy atom. The third-order valence-corrected chi connectivity index (χ3v) is 3.03. The van der Waals surface area contributed by atoms with Gasteiger partial charge in [-0.25, -0.2) is 4.98 Å². The first-order valence-corrected chi connectivity index (χ1v) is 5.97. The Hall–Kier alpha value is -1.13. The first-order chi connectivity index (χ1) is 7.86. The summed E-state index contributed by atoms with van der Waals surface area (Å²) in [6, 6.07) is 15.0. The summed E-state index contributed by atoms with van der Waals surface area (Å²) in [5.41, 5.74) is 0.755. The van der Waals surface area contributed by atoms with Crippen molar-refractivity contribution in [2.24, 2.45) is 0 Å². The molecule has 0 bridgehead atoms. The molecule has 17 heavy (non-hydrogen) atoms. The molecule has 0 N–H and O–H groups in total. The third-order valence-electron chi connectivity index (χ3n) is 2.08. The summed E-state index contributed by atoms with van der Waals surface area (Å²) in [5, 5.41) is 0.881. The number of hydrogen-bond donors (Lipinski definition) is 0. The first-order valence-electron chi connectivity index (χ1n) is 4.98. The third kappa shape index (κ3) is 4.32. The quantitative estimate of drug-likeness (QED) is 0.638. The minimum atomic E-state index is 0. The normalized spacial score (nSPS) is 9.41. The van der Waals surface area contributed by atoms with Crippen molar-refractivity contribution < 1.29 is 4.79 Å². The van der Waals surface area contributed by atoms with Crippen LogP contribution in [0.5, 0.6) is 0 Å². The number of carbonyl (C=O) groups excluding carboxylic acids is 1. The van der Waals surface area contributed by atoms with E-state index in [0.717, 1.165) is 10.6 Å². The Bertz CT molecular complexity index is 461. The van der Waals surface area contributed by atoms with E-state index in [9.17, 15) is 4.79 Å². The van der Waals surface area contributed by atoms with Gasteiger partial charge >= 0.3 is 0 Å². The van der Waals surface area contributed by atoms with Crippen molar-refractivity contribution in [3.8, 4) is 0 Å². The summed E-state index contributed by atoms with van der Waals surface area (Å²) >= 11 is 1.46. The van der Waals surface area contributed by atoms with Crippen LogP contribution >= 0.6 is 28.7 Å². The van der Waals surface area contributed by atoms with Crippen molar-refractivity contribution >= 4 is 34.5 Å². The van der Waals surface area contributed by atoms with Crippen LogP contribution in [0.2, 0.25) is 0 Å². The van der Waals surface area contributed by atoms with E-state index in [2.05, 4.69) is 4.98 Å². The maximum absolute atomic E-state index is 11.8. The lowest BCUT2D eigenvalue weighted by atomic mass is 10.2.